The van der Waals surface area contributed by atoms with Crippen molar-refractivity contribution < 1.29 is 4.79 Å². The number of H-pyrrole nitrogens is 1. The normalized spacial score (nSPS) is 10.1. The molecule has 0 saturated carbocycles. The molecule has 2 aromatic heterocycles. The van der Waals surface area contributed by atoms with Crippen molar-refractivity contribution in [1.29, 1.82) is 0 Å². The van der Waals surface area contributed by atoms with Gasteiger partial charge in [0.25, 0.3) is 0 Å². The van der Waals surface area contributed by atoms with Gasteiger partial charge in [-0.25, -0.2) is 9.97 Å². The fourth-order valence-corrected chi connectivity index (χ4v) is 1.27. The minimum absolute atomic E-state index is 0.217. The van der Waals surface area contributed by atoms with Gasteiger partial charge in [-0.1, -0.05) is 0 Å². The molecule has 0 atom stereocenters. The topological polar surface area (TPSA) is 58.6 Å². The van der Waals surface area contributed by atoms with Crippen LogP contribution in [0.15, 0.2) is 24.4 Å². The molecule has 0 amide bonds. The van der Waals surface area contributed by atoms with Gasteiger partial charge in [-0.15, -0.1) is 0 Å². The Hall–Kier alpha value is -1.97. The van der Waals surface area contributed by atoms with Crippen LogP contribution in [0.2, 0.25) is 0 Å². The van der Waals surface area contributed by atoms with E-state index in [-0.39, 0.29) is 5.82 Å². The second-order valence-electron chi connectivity index (χ2n) is 2.95. The zero-order chi connectivity index (χ0) is 9.97. The number of rotatable bonds is 2. The van der Waals surface area contributed by atoms with E-state index >= 15 is 0 Å². The number of hydrogen-bond donors (Lipinski definition) is 1. The third kappa shape index (κ3) is 1.54. The van der Waals surface area contributed by atoms with E-state index in [4.69, 9.17) is 0 Å². The van der Waals surface area contributed by atoms with E-state index < -0.39 is 0 Å². The zero-order valence-electron chi connectivity index (χ0n) is 7.69. The van der Waals surface area contributed by atoms with Crippen molar-refractivity contribution in [2.45, 2.75) is 6.92 Å². The molecule has 0 aliphatic heterocycles. The third-order valence-corrected chi connectivity index (χ3v) is 1.85. The van der Waals surface area contributed by atoms with E-state index in [0.717, 1.165) is 17.1 Å². The lowest BCUT2D eigenvalue weighted by Crippen LogP contribution is -1.97. The molecule has 70 valence electrons. The van der Waals surface area contributed by atoms with Gasteiger partial charge in [-0.05, 0) is 25.1 Å². The number of nitrogens with zero attached hydrogens (tertiary/aromatic N) is 2. The average Bonchev–Trinajstić information content (AvgIpc) is 2.69. The Kier molecular flexibility index (Phi) is 2.10. The first-order chi connectivity index (χ1) is 6.79. The highest BCUT2D eigenvalue weighted by molar-refractivity contribution is 5.70. The van der Waals surface area contributed by atoms with Crippen LogP contribution in [-0.4, -0.2) is 21.2 Å². The van der Waals surface area contributed by atoms with E-state index in [1.165, 1.54) is 0 Å². The number of aryl methyl sites for hydroxylation is 1. The fraction of sp³-hybridized carbons (Fsp3) is 0.100. The molecule has 4 heteroatoms. The molecule has 4 nitrogen and oxygen atoms in total. The number of nitrogens with one attached hydrogen (secondary N) is 1. The van der Waals surface area contributed by atoms with Gasteiger partial charge in [0.15, 0.2) is 12.1 Å². The summed E-state index contributed by atoms with van der Waals surface area (Å²) in [6.45, 7) is 1.83. The Morgan fingerprint density at radius 2 is 2.29 bits per heavy atom. The summed E-state index contributed by atoms with van der Waals surface area (Å²) in [4.78, 5) is 21.6. The number of carbonyl (C=O) groups is 1. The summed E-state index contributed by atoms with van der Waals surface area (Å²) in [5.41, 5.74) is 2.41. The molecule has 2 aromatic rings. The predicted molar refractivity (Wildman–Crippen MR) is 51.9 cm³/mol. The number of aromatic amines is 1. The van der Waals surface area contributed by atoms with Gasteiger partial charge in [-0.2, -0.15) is 0 Å². The van der Waals surface area contributed by atoms with Crippen LogP contribution in [0.1, 0.15) is 16.3 Å². The Morgan fingerprint density at radius 3 is 2.93 bits per heavy atom. The van der Waals surface area contributed by atoms with Gasteiger partial charge in [-0.3, -0.25) is 4.79 Å². The second-order valence-corrected chi connectivity index (χ2v) is 2.95. The molecular weight excluding hydrogens is 178 g/mol. The summed E-state index contributed by atoms with van der Waals surface area (Å²) in [5.74, 6) is 0.217. The highest BCUT2D eigenvalue weighted by Crippen LogP contribution is 2.14. The number of carbonyl (C=O) groups excluding carboxylic acids is 1. The molecule has 0 aliphatic carbocycles. The predicted octanol–water partition coefficient (Wildman–Crippen LogP) is 1.59. The Bertz CT molecular complexity index is 448. The number of aromatic nitrogens is 3. The minimum atomic E-state index is 0.217. The first-order valence-corrected chi connectivity index (χ1v) is 4.24. The van der Waals surface area contributed by atoms with E-state index in [0.29, 0.717) is 6.29 Å². The molecule has 0 unspecified atom stereocenters. The molecular formula is C10H9N3O. The van der Waals surface area contributed by atoms with E-state index in [9.17, 15) is 4.79 Å². The first kappa shape index (κ1) is 8.62. The minimum Gasteiger partial charge on any atom is -0.360 e. The van der Waals surface area contributed by atoms with Crippen LogP contribution in [0, 0.1) is 6.92 Å². The standard InChI is InChI=1S/C10H9N3O/c1-7-5-9(8-3-2-4-11-8)13-10(6-14)12-7/h2-6,11H,1H3. The molecule has 0 saturated heterocycles. The lowest BCUT2D eigenvalue weighted by Gasteiger charge is -1.99. The molecule has 0 aromatic carbocycles. The lowest BCUT2D eigenvalue weighted by atomic mass is 10.2. The van der Waals surface area contributed by atoms with Crippen molar-refractivity contribution in [1.82, 2.24) is 15.0 Å². The first-order valence-electron chi connectivity index (χ1n) is 4.24. The van der Waals surface area contributed by atoms with E-state index in [1.807, 2.05) is 31.3 Å². The van der Waals surface area contributed by atoms with Crippen LogP contribution in [0.25, 0.3) is 11.4 Å². The molecule has 1 N–H and O–H groups in total. The highest BCUT2D eigenvalue weighted by Gasteiger charge is 2.03. The van der Waals surface area contributed by atoms with E-state index in [2.05, 4.69) is 15.0 Å². The average molecular weight is 187 g/mol. The molecule has 14 heavy (non-hydrogen) atoms. The Labute approximate surface area is 81.0 Å². The summed E-state index contributed by atoms with van der Waals surface area (Å²) >= 11 is 0. The summed E-state index contributed by atoms with van der Waals surface area (Å²) in [6.07, 6.45) is 2.47. The third-order valence-electron chi connectivity index (χ3n) is 1.85. The molecule has 0 bridgehead atoms. The van der Waals surface area contributed by atoms with Crippen molar-refractivity contribution in [3.05, 3.63) is 35.9 Å². The van der Waals surface area contributed by atoms with Crippen molar-refractivity contribution in [2.24, 2.45) is 0 Å². The van der Waals surface area contributed by atoms with Crippen molar-refractivity contribution >= 4 is 6.29 Å². The molecule has 0 aliphatic rings. The molecule has 2 heterocycles. The summed E-state index contributed by atoms with van der Waals surface area (Å²) in [5, 5.41) is 0. The Morgan fingerprint density at radius 1 is 1.43 bits per heavy atom. The summed E-state index contributed by atoms with van der Waals surface area (Å²) < 4.78 is 0. The maximum absolute atomic E-state index is 10.5. The van der Waals surface area contributed by atoms with Gasteiger partial charge in [0, 0.05) is 11.9 Å². The largest absolute Gasteiger partial charge is 0.360 e. The molecule has 0 fully saturated rings. The SMILES string of the molecule is Cc1cc(-c2ccc[nH]2)nc(C=O)n1. The monoisotopic (exact) mass is 187 g/mol. The van der Waals surface area contributed by atoms with Crippen molar-refractivity contribution in [3.63, 3.8) is 0 Å². The highest BCUT2D eigenvalue weighted by atomic mass is 16.1. The van der Waals surface area contributed by atoms with Crippen LogP contribution in [0.3, 0.4) is 0 Å². The summed E-state index contributed by atoms with van der Waals surface area (Å²) in [7, 11) is 0. The van der Waals surface area contributed by atoms with Crippen LogP contribution < -0.4 is 0 Å². The molecule has 0 radical (unpaired) electrons. The second kappa shape index (κ2) is 3.41. The summed E-state index contributed by atoms with van der Waals surface area (Å²) in [6, 6.07) is 5.61. The fourth-order valence-electron chi connectivity index (χ4n) is 1.27. The maximum Gasteiger partial charge on any atom is 0.193 e. The number of aldehydes is 1. The van der Waals surface area contributed by atoms with Crippen molar-refractivity contribution in [3.8, 4) is 11.4 Å². The zero-order valence-corrected chi connectivity index (χ0v) is 7.69. The quantitative estimate of drug-likeness (QED) is 0.726. The molecule has 0 spiro atoms. The van der Waals surface area contributed by atoms with Crippen LogP contribution >= 0.6 is 0 Å². The van der Waals surface area contributed by atoms with E-state index in [1.54, 1.807) is 0 Å². The van der Waals surface area contributed by atoms with Crippen LogP contribution in [0.5, 0.6) is 0 Å². The maximum atomic E-state index is 10.5. The van der Waals surface area contributed by atoms with Gasteiger partial charge < -0.3 is 4.98 Å². The smallest absolute Gasteiger partial charge is 0.193 e. The van der Waals surface area contributed by atoms with Crippen LogP contribution in [-0.2, 0) is 0 Å². The van der Waals surface area contributed by atoms with Gasteiger partial charge in [0.1, 0.15) is 0 Å². The van der Waals surface area contributed by atoms with Gasteiger partial charge in [0.05, 0.1) is 11.4 Å². The van der Waals surface area contributed by atoms with Gasteiger partial charge >= 0.3 is 0 Å². The van der Waals surface area contributed by atoms with Crippen molar-refractivity contribution in [2.75, 3.05) is 0 Å². The van der Waals surface area contributed by atoms with Crippen LogP contribution in [0.4, 0.5) is 0 Å². The lowest BCUT2D eigenvalue weighted by molar-refractivity contribution is 0.111. The van der Waals surface area contributed by atoms with Gasteiger partial charge in [0.2, 0.25) is 0 Å². The molecule has 2 rings (SSSR count). The number of hydrogen-bond acceptors (Lipinski definition) is 3. The Balaban J connectivity index is 2.54.